The Morgan fingerprint density at radius 1 is 1.37 bits per heavy atom. The third-order valence-electron chi connectivity index (χ3n) is 4.31. The highest BCUT2D eigenvalue weighted by molar-refractivity contribution is 5.90. The quantitative estimate of drug-likeness (QED) is 0.878. The fraction of sp³-hybridized carbons (Fsp3) is 0.588. The van der Waals surface area contributed by atoms with Gasteiger partial charge in [0.15, 0.2) is 5.78 Å². The molecule has 2 heteroatoms. The number of nitrogens with one attached hydrogen (secondary N) is 1. The van der Waals surface area contributed by atoms with Gasteiger partial charge in [0.25, 0.3) is 0 Å². The molecule has 1 atom stereocenters. The number of ketones is 1. The zero-order valence-corrected chi connectivity index (χ0v) is 12.4. The predicted octanol–water partition coefficient (Wildman–Crippen LogP) is 3.34. The van der Waals surface area contributed by atoms with Gasteiger partial charge in [0.2, 0.25) is 0 Å². The van der Waals surface area contributed by atoms with Crippen molar-refractivity contribution in [1.82, 2.24) is 5.32 Å². The molecule has 1 aliphatic heterocycles. The van der Waals surface area contributed by atoms with Crippen molar-refractivity contribution in [2.24, 2.45) is 0 Å². The average Bonchev–Trinajstić information content (AvgIpc) is 2.84. The van der Waals surface area contributed by atoms with Crippen LogP contribution in [0.5, 0.6) is 0 Å². The second-order valence-electron chi connectivity index (χ2n) is 5.89. The topological polar surface area (TPSA) is 29.1 Å². The first kappa shape index (κ1) is 14.3. The normalized spacial score (nSPS) is 22.7. The summed E-state index contributed by atoms with van der Waals surface area (Å²) in [5, 5.41) is 3.48. The van der Waals surface area contributed by atoms with E-state index in [0.29, 0.717) is 12.2 Å². The summed E-state index contributed by atoms with van der Waals surface area (Å²) in [4.78, 5) is 12.7. The molecule has 1 heterocycles. The van der Waals surface area contributed by atoms with Crippen molar-refractivity contribution in [2.75, 3.05) is 6.54 Å². The summed E-state index contributed by atoms with van der Waals surface area (Å²) in [6, 6.07) is 6.38. The van der Waals surface area contributed by atoms with Gasteiger partial charge in [-0.25, -0.2) is 0 Å². The van der Waals surface area contributed by atoms with E-state index in [2.05, 4.69) is 44.3 Å². The Hall–Kier alpha value is -1.15. The Kier molecular flexibility index (Phi) is 4.41. The molecule has 0 spiro atoms. The second kappa shape index (κ2) is 5.87. The molecule has 1 aromatic carbocycles. The molecule has 2 nitrogen and oxygen atoms in total. The number of hydrogen-bond acceptors (Lipinski definition) is 2. The molecular formula is C17H25NO. The van der Waals surface area contributed by atoms with Crippen LogP contribution in [0.2, 0.25) is 0 Å². The third kappa shape index (κ3) is 3.06. The van der Waals surface area contributed by atoms with Gasteiger partial charge in [0.05, 0.1) is 5.54 Å². The largest absolute Gasteiger partial charge is 0.305 e. The first-order chi connectivity index (χ1) is 9.07. The minimum absolute atomic E-state index is 0.245. The summed E-state index contributed by atoms with van der Waals surface area (Å²) in [5.74, 6) is 0.376. The molecule has 1 aromatic rings. The number of Topliss-reactive ketones (excluding diaryl/α,β-unsaturated/α-hetero) is 1. The molecule has 1 unspecified atom stereocenters. The van der Waals surface area contributed by atoms with Crippen molar-refractivity contribution in [3.05, 3.63) is 34.9 Å². The molecule has 1 aliphatic rings. The summed E-state index contributed by atoms with van der Waals surface area (Å²) < 4.78 is 0. The maximum atomic E-state index is 12.7. The molecule has 1 saturated heterocycles. The molecule has 2 rings (SSSR count). The zero-order chi connectivity index (χ0) is 13.9. The lowest BCUT2D eigenvalue weighted by molar-refractivity contribution is -0.124. The maximum Gasteiger partial charge on any atom is 0.157 e. The van der Waals surface area contributed by atoms with Gasteiger partial charge < -0.3 is 5.32 Å². The van der Waals surface area contributed by atoms with Crippen molar-refractivity contribution in [3.63, 3.8) is 0 Å². The Morgan fingerprint density at radius 3 is 2.79 bits per heavy atom. The monoisotopic (exact) mass is 259 g/mol. The summed E-state index contributed by atoms with van der Waals surface area (Å²) in [7, 11) is 0. The van der Waals surface area contributed by atoms with E-state index >= 15 is 0 Å². The Morgan fingerprint density at radius 2 is 2.16 bits per heavy atom. The highest BCUT2D eigenvalue weighted by Gasteiger charge is 2.39. The van der Waals surface area contributed by atoms with E-state index in [1.165, 1.54) is 16.7 Å². The van der Waals surface area contributed by atoms with Crippen LogP contribution in [0.3, 0.4) is 0 Å². The molecule has 1 N–H and O–H groups in total. The summed E-state index contributed by atoms with van der Waals surface area (Å²) in [5.41, 5.74) is 3.40. The third-order valence-corrected chi connectivity index (χ3v) is 4.31. The SMILES string of the molecule is CCCC1(C(=O)Cc2cc(C)ccc2C)CCCN1. The van der Waals surface area contributed by atoms with Crippen molar-refractivity contribution < 1.29 is 4.79 Å². The van der Waals surface area contributed by atoms with Crippen LogP contribution in [0.1, 0.15) is 49.3 Å². The van der Waals surface area contributed by atoms with Crippen molar-refractivity contribution in [1.29, 1.82) is 0 Å². The van der Waals surface area contributed by atoms with E-state index in [1.807, 2.05) is 0 Å². The van der Waals surface area contributed by atoms with E-state index < -0.39 is 0 Å². The lowest BCUT2D eigenvalue weighted by Gasteiger charge is -2.28. The molecule has 0 amide bonds. The van der Waals surface area contributed by atoms with Crippen LogP contribution >= 0.6 is 0 Å². The molecule has 0 bridgehead atoms. The first-order valence-electron chi connectivity index (χ1n) is 7.42. The van der Waals surface area contributed by atoms with Gasteiger partial charge in [-0.1, -0.05) is 37.1 Å². The summed E-state index contributed by atoms with van der Waals surface area (Å²) in [6.45, 7) is 7.32. The van der Waals surface area contributed by atoms with Gasteiger partial charge in [-0.05, 0) is 50.8 Å². The smallest absolute Gasteiger partial charge is 0.157 e. The highest BCUT2D eigenvalue weighted by Crippen LogP contribution is 2.27. The van der Waals surface area contributed by atoms with Crippen LogP contribution in [0.25, 0.3) is 0 Å². The molecule has 0 aliphatic carbocycles. The Balaban J connectivity index is 2.17. The van der Waals surface area contributed by atoms with Crippen LogP contribution in [0.15, 0.2) is 18.2 Å². The van der Waals surface area contributed by atoms with Gasteiger partial charge in [-0.3, -0.25) is 4.79 Å². The molecule has 0 aromatic heterocycles. The van der Waals surface area contributed by atoms with Crippen LogP contribution in [-0.4, -0.2) is 17.9 Å². The van der Waals surface area contributed by atoms with Crippen LogP contribution in [0.4, 0.5) is 0 Å². The van der Waals surface area contributed by atoms with Gasteiger partial charge in [-0.15, -0.1) is 0 Å². The number of benzene rings is 1. The summed E-state index contributed by atoms with van der Waals surface area (Å²) in [6.07, 6.45) is 4.73. The molecule has 19 heavy (non-hydrogen) atoms. The standard InChI is InChI=1S/C17H25NO/c1-4-8-17(9-5-10-18-17)16(19)12-15-11-13(2)6-7-14(15)3/h6-7,11,18H,4-5,8-10,12H2,1-3H3. The molecule has 1 fully saturated rings. The van der Waals surface area contributed by atoms with Crippen LogP contribution in [0, 0.1) is 13.8 Å². The minimum atomic E-state index is -0.245. The van der Waals surface area contributed by atoms with E-state index in [0.717, 1.165) is 32.2 Å². The van der Waals surface area contributed by atoms with Crippen LogP contribution in [-0.2, 0) is 11.2 Å². The first-order valence-corrected chi connectivity index (χ1v) is 7.42. The van der Waals surface area contributed by atoms with Gasteiger partial charge >= 0.3 is 0 Å². The second-order valence-corrected chi connectivity index (χ2v) is 5.89. The number of carbonyl (C=O) groups is 1. The number of rotatable bonds is 5. The van der Waals surface area contributed by atoms with E-state index in [4.69, 9.17) is 0 Å². The highest BCUT2D eigenvalue weighted by atomic mass is 16.1. The number of carbonyl (C=O) groups excluding carboxylic acids is 1. The zero-order valence-electron chi connectivity index (χ0n) is 12.4. The van der Waals surface area contributed by atoms with Crippen molar-refractivity contribution >= 4 is 5.78 Å². The fourth-order valence-electron chi connectivity index (χ4n) is 3.16. The lowest BCUT2D eigenvalue weighted by atomic mass is 9.83. The molecule has 0 saturated carbocycles. The fourth-order valence-corrected chi connectivity index (χ4v) is 3.16. The van der Waals surface area contributed by atoms with E-state index in [-0.39, 0.29) is 5.54 Å². The van der Waals surface area contributed by atoms with E-state index in [1.54, 1.807) is 0 Å². The van der Waals surface area contributed by atoms with Gasteiger partial charge in [0.1, 0.15) is 0 Å². The minimum Gasteiger partial charge on any atom is -0.305 e. The van der Waals surface area contributed by atoms with Crippen molar-refractivity contribution in [3.8, 4) is 0 Å². The van der Waals surface area contributed by atoms with E-state index in [9.17, 15) is 4.79 Å². The maximum absolute atomic E-state index is 12.7. The van der Waals surface area contributed by atoms with Gasteiger partial charge in [-0.2, -0.15) is 0 Å². The predicted molar refractivity (Wildman–Crippen MR) is 79.5 cm³/mol. The molecule has 0 radical (unpaired) electrons. The van der Waals surface area contributed by atoms with Crippen molar-refractivity contribution in [2.45, 2.75) is 58.4 Å². The molecular weight excluding hydrogens is 234 g/mol. The Bertz CT molecular complexity index is 458. The van der Waals surface area contributed by atoms with Gasteiger partial charge in [0, 0.05) is 6.42 Å². The Labute approximate surface area is 116 Å². The lowest BCUT2D eigenvalue weighted by Crippen LogP contribution is -2.48. The number of hydrogen-bond donors (Lipinski definition) is 1. The average molecular weight is 259 g/mol. The molecule has 104 valence electrons. The number of aryl methyl sites for hydroxylation is 2. The summed E-state index contributed by atoms with van der Waals surface area (Å²) >= 11 is 0. The van der Waals surface area contributed by atoms with Crippen LogP contribution < -0.4 is 5.32 Å².